The van der Waals surface area contributed by atoms with E-state index in [2.05, 4.69) is 19.3 Å². The van der Waals surface area contributed by atoms with E-state index in [0.717, 1.165) is 12.5 Å². The summed E-state index contributed by atoms with van der Waals surface area (Å²) in [5.41, 5.74) is 0.226. The van der Waals surface area contributed by atoms with Crippen LogP contribution in [0, 0.1) is 5.92 Å². The molecule has 1 saturated carbocycles. The van der Waals surface area contributed by atoms with E-state index in [-0.39, 0.29) is 5.60 Å². The molecule has 2 heteroatoms. The first-order valence-electron chi connectivity index (χ1n) is 6.08. The lowest BCUT2D eigenvalue weighted by Crippen LogP contribution is -2.51. The van der Waals surface area contributed by atoms with Crippen molar-refractivity contribution in [2.24, 2.45) is 5.92 Å². The third-order valence-electron chi connectivity index (χ3n) is 4.24. The van der Waals surface area contributed by atoms with Gasteiger partial charge in [-0.2, -0.15) is 0 Å². The largest absolute Gasteiger partial charge is 0.375 e. The van der Waals surface area contributed by atoms with Gasteiger partial charge in [0.1, 0.15) is 0 Å². The molecule has 1 aliphatic heterocycles. The molecule has 2 fully saturated rings. The molecule has 1 heterocycles. The highest BCUT2D eigenvalue weighted by atomic mass is 16.5. The molecule has 3 atom stereocenters. The lowest BCUT2D eigenvalue weighted by Gasteiger charge is -2.47. The maximum atomic E-state index is 6.11. The molecule has 2 nitrogen and oxygen atoms in total. The molecule has 0 bridgehead atoms. The lowest BCUT2D eigenvalue weighted by atomic mass is 9.71. The Labute approximate surface area is 87.4 Å². The second kappa shape index (κ2) is 4.19. The molecule has 1 N–H and O–H groups in total. The van der Waals surface area contributed by atoms with Crippen molar-refractivity contribution in [3.8, 4) is 0 Å². The van der Waals surface area contributed by atoms with Crippen LogP contribution in [-0.2, 0) is 4.74 Å². The highest BCUT2D eigenvalue weighted by Crippen LogP contribution is 2.42. The van der Waals surface area contributed by atoms with Crippen molar-refractivity contribution in [2.45, 2.75) is 57.1 Å². The predicted molar refractivity (Wildman–Crippen MR) is 58.4 cm³/mol. The van der Waals surface area contributed by atoms with Gasteiger partial charge >= 0.3 is 0 Å². The summed E-state index contributed by atoms with van der Waals surface area (Å²) in [6.45, 7) is 3.33. The highest BCUT2D eigenvalue weighted by Gasteiger charge is 2.42. The molecule has 2 rings (SSSR count). The van der Waals surface area contributed by atoms with Crippen LogP contribution in [0.3, 0.4) is 0 Å². The molecular weight excluding hydrogens is 174 g/mol. The van der Waals surface area contributed by atoms with E-state index in [1.165, 1.54) is 38.5 Å². The normalized spacial score (nSPS) is 44.1. The van der Waals surface area contributed by atoms with Crippen LogP contribution in [0.1, 0.15) is 45.4 Å². The van der Waals surface area contributed by atoms with E-state index < -0.39 is 0 Å². The summed E-state index contributed by atoms with van der Waals surface area (Å²) in [5.74, 6) is 0.757. The smallest absolute Gasteiger partial charge is 0.0722 e. The minimum absolute atomic E-state index is 0.226. The molecule has 3 unspecified atom stereocenters. The van der Waals surface area contributed by atoms with Crippen LogP contribution in [0.5, 0.6) is 0 Å². The van der Waals surface area contributed by atoms with Gasteiger partial charge in [0.05, 0.1) is 5.60 Å². The zero-order valence-corrected chi connectivity index (χ0v) is 9.51. The minimum atomic E-state index is 0.226. The third-order valence-corrected chi connectivity index (χ3v) is 4.24. The number of nitrogens with one attached hydrogen (secondary N) is 1. The van der Waals surface area contributed by atoms with Gasteiger partial charge in [0, 0.05) is 12.6 Å². The summed E-state index contributed by atoms with van der Waals surface area (Å²) < 4.78 is 6.11. The zero-order valence-electron chi connectivity index (χ0n) is 9.51. The van der Waals surface area contributed by atoms with Gasteiger partial charge in [-0.25, -0.2) is 0 Å². The van der Waals surface area contributed by atoms with Crippen molar-refractivity contribution in [2.75, 3.05) is 13.7 Å². The monoisotopic (exact) mass is 197 g/mol. The second-order valence-corrected chi connectivity index (χ2v) is 5.04. The van der Waals surface area contributed by atoms with Crippen molar-refractivity contribution in [3.05, 3.63) is 0 Å². The molecule has 0 aromatic heterocycles. The Balaban J connectivity index is 2.04. The van der Waals surface area contributed by atoms with Gasteiger partial charge < -0.3 is 10.1 Å². The molecule has 0 aromatic carbocycles. The van der Waals surface area contributed by atoms with Gasteiger partial charge in [0.25, 0.3) is 0 Å². The Morgan fingerprint density at radius 1 is 1.29 bits per heavy atom. The van der Waals surface area contributed by atoms with E-state index in [4.69, 9.17) is 4.74 Å². The van der Waals surface area contributed by atoms with Gasteiger partial charge in [-0.05, 0) is 38.6 Å². The molecular formula is C12H23NO. The standard InChI is InChI=1S/C12H23NO/c1-10-5-3-4-7-12(10)9-11(13-2)6-8-14-12/h10-11,13H,3-9H2,1-2H3. The van der Waals surface area contributed by atoms with Crippen LogP contribution in [0.15, 0.2) is 0 Å². The maximum absolute atomic E-state index is 6.11. The first-order valence-corrected chi connectivity index (χ1v) is 6.08. The van der Waals surface area contributed by atoms with Gasteiger partial charge in [-0.3, -0.25) is 0 Å². The van der Waals surface area contributed by atoms with E-state index in [1.54, 1.807) is 0 Å². The fraction of sp³-hybridized carbons (Fsp3) is 1.00. The van der Waals surface area contributed by atoms with Crippen molar-refractivity contribution in [1.29, 1.82) is 0 Å². The summed E-state index contributed by atoms with van der Waals surface area (Å²) in [6.07, 6.45) is 7.82. The van der Waals surface area contributed by atoms with E-state index in [0.29, 0.717) is 6.04 Å². The zero-order chi connectivity index (χ0) is 10.0. The SMILES string of the molecule is CNC1CCOC2(CCCCC2C)C1. The molecule has 0 amide bonds. The third kappa shape index (κ3) is 1.82. The van der Waals surface area contributed by atoms with E-state index in [9.17, 15) is 0 Å². The second-order valence-electron chi connectivity index (χ2n) is 5.04. The summed E-state index contributed by atoms with van der Waals surface area (Å²) in [4.78, 5) is 0. The van der Waals surface area contributed by atoms with E-state index >= 15 is 0 Å². The van der Waals surface area contributed by atoms with Crippen LogP contribution in [0.2, 0.25) is 0 Å². The summed E-state index contributed by atoms with van der Waals surface area (Å²) in [6, 6.07) is 0.685. The van der Waals surface area contributed by atoms with Gasteiger partial charge in [0.2, 0.25) is 0 Å². The lowest BCUT2D eigenvalue weighted by molar-refractivity contribution is -0.138. The Morgan fingerprint density at radius 2 is 2.14 bits per heavy atom. The molecule has 0 aromatic rings. The van der Waals surface area contributed by atoms with Gasteiger partial charge in [-0.15, -0.1) is 0 Å². The van der Waals surface area contributed by atoms with Gasteiger partial charge in [0.15, 0.2) is 0 Å². The molecule has 1 saturated heterocycles. The fourth-order valence-corrected chi connectivity index (χ4v) is 3.13. The van der Waals surface area contributed by atoms with Crippen LogP contribution < -0.4 is 5.32 Å². The van der Waals surface area contributed by atoms with Crippen molar-refractivity contribution in [1.82, 2.24) is 5.32 Å². The van der Waals surface area contributed by atoms with Crippen molar-refractivity contribution >= 4 is 0 Å². The minimum Gasteiger partial charge on any atom is -0.375 e. The van der Waals surface area contributed by atoms with E-state index in [1.807, 2.05) is 0 Å². The number of hydrogen-bond acceptors (Lipinski definition) is 2. The first kappa shape index (κ1) is 10.4. The summed E-state index contributed by atoms with van der Waals surface area (Å²) >= 11 is 0. The number of hydrogen-bond donors (Lipinski definition) is 1. The van der Waals surface area contributed by atoms with Crippen molar-refractivity contribution in [3.63, 3.8) is 0 Å². The van der Waals surface area contributed by atoms with Crippen LogP contribution in [0.25, 0.3) is 0 Å². The highest BCUT2D eigenvalue weighted by molar-refractivity contribution is 4.95. The Kier molecular flexibility index (Phi) is 3.13. The number of rotatable bonds is 1. The average molecular weight is 197 g/mol. The molecule has 82 valence electrons. The van der Waals surface area contributed by atoms with Crippen molar-refractivity contribution < 1.29 is 4.74 Å². The van der Waals surface area contributed by atoms with Gasteiger partial charge in [-0.1, -0.05) is 19.8 Å². The quantitative estimate of drug-likeness (QED) is 0.696. The molecule has 1 aliphatic carbocycles. The van der Waals surface area contributed by atoms with Crippen LogP contribution in [-0.4, -0.2) is 25.3 Å². The Hall–Kier alpha value is -0.0800. The fourth-order valence-electron chi connectivity index (χ4n) is 3.13. The first-order chi connectivity index (χ1) is 6.77. The molecule has 2 aliphatic rings. The van der Waals surface area contributed by atoms with Crippen LogP contribution in [0.4, 0.5) is 0 Å². The Bertz CT molecular complexity index is 191. The Morgan fingerprint density at radius 3 is 2.86 bits per heavy atom. The summed E-state index contributed by atoms with van der Waals surface area (Å²) in [5, 5.41) is 3.42. The molecule has 14 heavy (non-hydrogen) atoms. The average Bonchev–Trinajstić information content (AvgIpc) is 2.23. The van der Waals surface area contributed by atoms with Crippen LogP contribution >= 0.6 is 0 Å². The predicted octanol–water partition coefficient (Wildman–Crippen LogP) is 2.33. The summed E-state index contributed by atoms with van der Waals surface area (Å²) in [7, 11) is 2.08. The molecule has 0 radical (unpaired) electrons. The topological polar surface area (TPSA) is 21.3 Å². The number of ether oxygens (including phenoxy) is 1. The maximum Gasteiger partial charge on any atom is 0.0722 e. The molecule has 1 spiro atoms.